The Morgan fingerprint density at radius 1 is 0.800 bits per heavy atom. The molecule has 0 aromatic heterocycles. The van der Waals surface area contributed by atoms with Gasteiger partial charge in [-0.05, 0) is 110 Å². The first-order valence-corrected chi connectivity index (χ1v) is 24.0. The van der Waals surface area contributed by atoms with Crippen LogP contribution in [0, 0.1) is 0 Å². The van der Waals surface area contributed by atoms with Crippen LogP contribution in [0.3, 0.4) is 0 Å². The van der Waals surface area contributed by atoms with Crippen LogP contribution in [-0.4, -0.2) is 130 Å². The number of hydrogen-bond donors (Lipinski definition) is 1. The highest BCUT2D eigenvalue weighted by molar-refractivity contribution is 8.20. The molecule has 2 aliphatic rings. The second-order valence-electron chi connectivity index (χ2n) is 18.7. The minimum atomic E-state index is -1.51. The maximum Gasteiger partial charge on any atom is 0.441 e. The molecule has 2 N–H and O–H groups in total. The van der Waals surface area contributed by atoms with Gasteiger partial charge >= 0.3 is 32.3 Å². The van der Waals surface area contributed by atoms with E-state index >= 15 is 4.79 Å². The molecule has 2 heterocycles. The van der Waals surface area contributed by atoms with Crippen LogP contribution in [0.2, 0.25) is 5.02 Å². The number of β-lactam (4-membered cyclic amide) rings is 1. The van der Waals surface area contributed by atoms with Crippen molar-refractivity contribution in [1.82, 2.24) is 14.8 Å². The third kappa shape index (κ3) is 13.9. The number of fused-ring (bicyclic) bond motifs is 1. The molecule has 19 nitrogen and oxygen atoms in total. The Hall–Kier alpha value is -5.84. The third-order valence-corrected chi connectivity index (χ3v) is 13.4. The fraction of sp³-hybridized carbons (Fsp3) is 0.468. The monoisotopic (exact) mass is 1030 g/mol. The number of amides is 5. The van der Waals surface area contributed by atoms with E-state index in [-0.39, 0.29) is 58.5 Å². The highest BCUT2D eigenvalue weighted by Gasteiger charge is 2.61. The number of hydrogen-bond acceptors (Lipinski definition) is 18. The number of nitrogens with zero attached hydrogens (tertiary/aromatic N) is 4. The van der Waals surface area contributed by atoms with Gasteiger partial charge in [0, 0.05) is 17.9 Å². The molecule has 376 valence electrons. The van der Waals surface area contributed by atoms with E-state index in [1.807, 2.05) is 0 Å². The number of halogens is 1. The number of nitrogens with two attached hydrogens (primary N) is 1. The van der Waals surface area contributed by atoms with Gasteiger partial charge in [0.2, 0.25) is 5.91 Å². The zero-order chi connectivity index (χ0) is 51.9. The van der Waals surface area contributed by atoms with Crippen molar-refractivity contribution in [3.63, 3.8) is 0 Å². The summed E-state index contributed by atoms with van der Waals surface area (Å²) < 4.78 is 43.2. The number of carbonyl (C=O) groups is 6. The van der Waals surface area contributed by atoms with E-state index in [1.165, 1.54) is 24.1 Å². The Kier molecular flexibility index (Phi) is 17.7. The van der Waals surface area contributed by atoms with Gasteiger partial charge in [0.15, 0.2) is 21.3 Å². The average molecular weight is 1030 g/mol. The largest absolute Gasteiger partial charge is 0.542 e. The molecule has 0 saturated carbocycles. The molecule has 2 radical (unpaired) electrons. The van der Waals surface area contributed by atoms with Crippen molar-refractivity contribution in [3.8, 4) is 23.0 Å². The third-order valence-electron chi connectivity index (χ3n) is 9.75. The summed E-state index contributed by atoms with van der Waals surface area (Å²) >= 11 is 9.27. The Morgan fingerprint density at radius 3 is 1.77 bits per heavy atom. The Labute approximate surface area is 421 Å². The topological polar surface area (TPSA) is 224 Å². The zero-order valence-electron chi connectivity index (χ0n) is 40.8. The van der Waals surface area contributed by atoms with Crippen molar-refractivity contribution in [1.29, 1.82) is 0 Å². The van der Waals surface area contributed by atoms with E-state index in [9.17, 15) is 24.0 Å². The van der Waals surface area contributed by atoms with Gasteiger partial charge in [0.05, 0.1) is 25.8 Å². The van der Waals surface area contributed by atoms with Crippen molar-refractivity contribution in [2.75, 3.05) is 33.1 Å². The first-order chi connectivity index (χ1) is 32.7. The Bertz CT molecular complexity index is 2430. The standard InChI is InChI=1S/C47H57BClN5O14S2/c1-44(2,3)65-41(58)52(22-23-69-47(40(57)68-48)26-53-37(55)34(50)39(53)70-47)38(56)35(51-54(42(59)66-45(4,5)6)43(60)67-46(7,8)9)31-20-21-32(63-24-27-12-16-29(61-10)17-13-27)36(33(31)49)64-25-28-14-18-30(62-11)19-15-28/h12-21,34,39H,22-26,50H2,1-11H3/b51-35-/t34-,39-,47-/m1/s1. The summed E-state index contributed by atoms with van der Waals surface area (Å²) in [5, 5.41) is 3.67. The van der Waals surface area contributed by atoms with Crippen LogP contribution in [0.15, 0.2) is 65.8 Å². The van der Waals surface area contributed by atoms with Crippen molar-refractivity contribution >= 4 is 84.9 Å². The van der Waals surface area contributed by atoms with Gasteiger partial charge in [-0.1, -0.05) is 40.9 Å². The van der Waals surface area contributed by atoms with Crippen LogP contribution in [0.1, 0.15) is 79.0 Å². The number of methoxy groups -OCH3 is 2. The Balaban J connectivity index is 1.68. The lowest BCUT2D eigenvalue weighted by molar-refractivity contribution is -0.144. The molecule has 3 aromatic rings. The molecule has 5 rings (SSSR count). The smallest absolute Gasteiger partial charge is 0.441 e. The van der Waals surface area contributed by atoms with Gasteiger partial charge in [-0.2, -0.15) is 5.10 Å². The summed E-state index contributed by atoms with van der Waals surface area (Å²) in [6.07, 6.45) is -3.89. The predicted molar refractivity (Wildman–Crippen MR) is 263 cm³/mol. The summed E-state index contributed by atoms with van der Waals surface area (Å²) in [5.41, 5.74) is 2.88. The zero-order valence-corrected chi connectivity index (χ0v) is 43.2. The molecule has 3 aromatic carbocycles. The molecule has 0 bridgehead atoms. The van der Waals surface area contributed by atoms with Crippen molar-refractivity contribution in [2.24, 2.45) is 10.8 Å². The first kappa shape index (κ1) is 55.1. The molecule has 2 aliphatic heterocycles. The van der Waals surface area contributed by atoms with E-state index < -0.39 is 74.7 Å². The molecule has 0 unspecified atom stereocenters. The molecule has 23 heteroatoms. The number of imide groups is 2. The minimum absolute atomic E-state index is 0.0175. The lowest BCUT2D eigenvalue weighted by Gasteiger charge is -2.38. The van der Waals surface area contributed by atoms with Gasteiger partial charge in [-0.15, -0.1) is 23.5 Å². The summed E-state index contributed by atoms with van der Waals surface area (Å²) in [6, 6.07) is 16.0. The SMILES string of the molecule is [B]OC(=O)[C@@]1(SCCN(C(=O)OC(C)(C)C)C(=O)/C(=N\N(C(=O)OC(C)(C)C)C(=O)OC(C)(C)C)c2ccc(OCc3ccc(OC)cc3)c(OCc3ccc(OC)cc3)c2Cl)CN2C(=O)[C@@H](N)[C@H]2S1. The number of rotatable bonds is 16. The van der Waals surface area contributed by atoms with Gasteiger partial charge < -0.3 is 48.4 Å². The van der Waals surface area contributed by atoms with Crippen LogP contribution < -0.4 is 24.7 Å². The van der Waals surface area contributed by atoms with Gasteiger partial charge in [0.1, 0.15) is 52.9 Å². The molecular weight excluding hydrogens is 969 g/mol. The molecule has 0 aliphatic carbocycles. The van der Waals surface area contributed by atoms with Crippen molar-refractivity contribution in [3.05, 3.63) is 82.4 Å². The van der Waals surface area contributed by atoms with Gasteiger partial charge in [0.25, 0.3) is 5.91 Å². The molecule has 70 heavy (non-hydrogen) atoms. The summed E-state index contributed by atoms with van der Waals surface area (Å²) in [4.78, 5) is 85.5. The molecular formula is C47H57BClN5O14S2. The minimum Gasteiger partial charge on any atom is -0.542 e. The fourth-order valence-corrected chi connectivity index (χ4v) is 9.92. The summed E-state index contributed by atoms with van der Waals surface area (Å²) in [7, 11) is 8.44. The quantitative estimate of drug-likeness (QED) is 0.0483. The van der Waals surface area contributed by atoms with Crippen molar-refractivity contribution < 1.29 is 66.6 Å². The normalized spacial score (nSPS) is 17.9. The highest BCUT2D eigenvalue weighted by Crippen LogP contribution is 2.52. The van der Waals surface area contributed by atoms with E-state index in [4.69, 9.17) is 58.5 Å². The van der Waals surface area contributed by atoms with E-state index in [1.54, 1.807) is 118 Å². The van der Waals surface area contributed by atoms with Crippen LogP contribution in [0.4, 0.5) is 14.4 Å². The number of ether oxygens (including phenoxy) is 7. The highest BCUT2D eigenvalue weighted by atomic mass is 35.5. The summed E-state index contributed by atoms with van der Waals surface area (Å²) in [5.74, 6) is -1.45. The molecule has 3 atom stereocenters. The number of thioether (sulfide) groups is 2. The summed E-state index contributed by atoms with van der Waals surface area (Å²) in [6.45, 7) is 13.3. The lowest BCUT2D eigenvalue weighted by atomic mass is 10.1. The predicted octanol–water partition coefficient (Wildman–Crippen LogP) is 7.45. The molecule has 5 amide bonds. The molecule has 2 fully saturated rings. The van der Waals surface area contributed by atoms with Crippen LogP contribution >= 0.6 is 35.1 Å². The lowest BCUT2D eigenvalue weighted by Crippen LogP contribution is -2.64. The van der Waals surface area contributed by atoms with Gasteiger partial charge in [-0.3, -0.25) is 14.4 Å². The second kappa shape index (κ2) is 22.5. The van der Waals surface area contributed by atoms with E-state index in [0.29, 0.717) is 22.0 Å². The number of carbonyl (C=O) groups excluding carboxylic acids is 6. The molecule has 2 saturated heterocycles. The first-order valence-electron chi connectivity index (χ1n) is 21.7. The average Bonchev–Trinajstić information content (AvgIpc) is 3.65. The maximum atomic E-state index is 15.4. The van der Waals surface area contributed by atoms with Crippen LogP contribution in [-0.2, 0) is 46.5 Å². The van der Waals surface area contributed by atoms with Crippen molar-refractivity contribution in [2.45, 2.75) is 108 Å². The van der Waals surface area contributed by atoms with Crippen LogP contribution in [0.5, 0.6) is 23.0 Å². The molecule has 0 spiro atoms. The maximum absolute atomic E-state index is 15.4. The number of benzene rings is 3. The van der Waals surface area contributed by atoms with E-state index in [2.05, 4.69) is 9.76 Å². The van der Waals surface area contributed by atoms with Gasteiger partial charge in [-0.25, -0.2) is 19.3 Å². The Morgan fingerprint density at radius 2 is 1.30 bits per heavy atom. The fourth-order valence-electron chi connectivity index (χ4n) is 6.48. The van der Waals surface area contributed by atoms with Crippen LogP contribution in [0.25, 0.3) is 0 Å². The second-order valence-corrected chi connectivity index (χ2v) is 22.1. The van der Waals surface area contributed by atoms with E-state index in [0.717, 1.165) is 29.1 Å². The number of hydrazone groups is 1.